The zero-order valence-corrected chi connectivity index (χ0v) is 11.6. The van der Waals surface area contributed by atoms with Crippen LogP contribution in [0.3, 0.4) is 0 Å². The quantitative estimate of drug-likeness (QED) is 0.780. The van der Waals surface area contributed by atoms with Gasteiger partial charge in [-0.2, -0.15) is 5.10 Å². The Morgan fingerprint density at radius 3 is 2.67 bits per heavy atom. The van der Waals surface area contributed by atoms with E-state index in [0.717, 1.165) is 12.1 Å². The summed E-state index contributed by atoms with van der Waals surface area (Å²) in [6.45, 7) is 7.07. The Labute approximate surface area is 108 Å². The minimum Gasteiger partial charge on any atom is -0.478 e. The van der Waals surface area contributed by atoms with E-state index in [1.807, 2.05) is 0 Å². The number of hydrogen-bond acceptors (Lipinski definition) is 3. The van der Waals surface area contributed by atoms with Crippen LogP contribution in [0.1, 0.15) is 49.7 Å². The molecule has 5 heteroatoms. The largest absolute Gasteiger partial charge is 0.478 e. The van der Waals surface area contributed by atoms with Gasteiger partial charge in [-0.25, -0.2) is 4.79 Å². The van der Waals surface area contributed by atoms with Crippen LogP contribution in [0.5, 0.6) is 0 Å². The summed E-state index contributed by atoms with van der Waals surface area (Å²) < 4.78 is 1.62. The molecule has 0 radical (unpaired) electrons. The predicted molar refractivity (Wildman–Crippen MR) is 70.5 cm³/mol. The molecule has 0 saturated heterocycles. The molecule has 0 aliphatic carbocycles. The number of nitrogens with one attached hydrogen (secondary N) is 1. The highest BCUT2D eigenvalue weighted by Crippen LogP contribution is 2.10. The molecule has 1 unspecified atom stereocenters. The van der Waals surface area contributed by atoms with Gasteiger partial charge in [-0.15, -0.1) is 0 Å². The average molecular weight is 253 g/mol. The van der Waals surface area contributed by atoms with Crippen molar-refractivity contribution >= 4 is 5.97 Å². The monoisotopic (exact) mass is 253 g/mol. The topological polar surface area (TPSA) is 67.2 Å². The fraction of sp³-hybridized carbons (Fsp3) is 0.692. The van der Waals surface area contributed by atoms with E-state index in [2.05, 4.69) is 31.2 Å². The smallest absolute Gasteiger partial charge is 0.339 e. The molecule has 1 aromatic rings. The highest BCUT2D eigenvalue weighted by atomic mass is 16.4. The number of carboxylic acid groups (broad SMARTS) is 1. The summed E-state index contributed by atoms with van der Waals surface area (Å²) in [5.74, 6) is -0.227. The molecule has 0 spiro atoms. The molecular formula is C13H23N3O2. The second-order valence-corrected chi connectivity index (χ2v) is 5.19. The van der Waals surface area contributed by atoms with Gasteiger partial charge in [0.25, 0.3) is 0 Å². The van der Waals surface area contributed by atoms with Crippen LogP contribution in [-0.2, 0) is 13.6 Å². The number of hydrogen-bond donors (Lipinski definition) is 2. The number of carboxylic acids is 1. The molecule has 0 bridgehead atoms. The molecule has 2 N–H and O–H groups in total. The number of nitrogens with zero attached hydrogens (tertiary/aromatic N) is 2. The second-order valence-electron chi connectivity index (χ2n) is 5.19. The molecule has 102 valence electrons. The fourth-order valence-corrected chi connectivity index (χ4v) is 1.81. The number of aromatic nitrogens is 2. The van der Waals surface area contributed by atoms with Gasteiger partial charge in [0.15, 0.2) is 0 Å². The Bertz CT molecular complexity index is 399. The Morgan fingerprint density at radius 2 is 2.11 bits per heavy atom. The van der Waals surface area contributed by atoms with Gasteiger partial charge in [0.2, 0.25) is 0 Å². The third-order valence-corrected chi connectivity index (χ3v) is 3.09. The highest BCUT2D eigenvalue weighted by molar-refractivity contribution is 5.88. The summed E-state index contributed by atoms with van der Waals surface area (Å²) in [7, 11) is 1.77. The van der Waals surface area contributed by atoms with Crippen molar-refractivity contribution in [1.29, 1.82) is 0 Å². The second kappa shape index (κ2) is 6.54. The number of aryl methyl sites for hydroxylation is 1. The lowest BCUT2D eigenvalue weighted by atomic mass is 10.0. The van der Waals surface area contributed by atoms with Crippen molar-refractivity contribution in [2.45, 2.75) is 46.2 Å². The van der Waals surface area contributed by atoms with Crippen LogP contribution in [0, 0.1) is 5.92 Å². The first-order valence-corrected chi connectivity index (χ1v) is 6.39. The van der Waals surface area contributed by atoms with Gasteiger partial charge in [0.05, 0.1) is 11.9 Å². The molecule has 0 aliphatic rings. The van der Waals surface area contributed by atoms with E-state index in [-0.39, 0.29) is 5.56 Å². The van der Waals surface area contributed by atoms with Crippen molar-refractivity contribution in [1.82, 2.24) is 15.1 Å². The zero-order chi connectivity index (χ0) is 13.7. The molecule has 1 atom stereocenters. The van der Waals surface area contributed by atoms with E-state index in [4.69, 9.17) is 5.11 Å². The highest BCUT2D eigenvalue weighted by Gasteiger charge is 2.15. The molecule has 0 fully saturated rings. The summed E-state index contributed by atoms with van der Waals surface area (Å²) in [6, 6.07) is 0.379. The summed E-state index contributed by atoms with van der Waals surface area (Å²) in [6.07, 6.45) is 3.67. The van der Waals surface area contributed by atoms with Gasteiger partial charge in [-0.05, 0) is 25.7 Å². The molecule has 0 aliphatic heterocycles. The molecule has 0 saturated carbocycles. The van der Waals surface area contributed by atoms with E-state index < -0.39 is 5.97 Å². The maximum atomic E-state index is 11.0. The lowest BCUT2D eigenvalue weighted by Crippen LogP contribution is -2.27. The van der Waals surface area contributed by atoms with Gasteiger partial charge < -0.3 is 10.4 Å². The molecular weight excluding hydrogens is 230 g/mol. The van der Waals surface area contributed by atoms with Crippen molar-refractivity contribution in [3.05, 3.63) is 17.5 Å². The van der Waals surface area contributed by atoms with Crippen LogP contribution < -0.4 is 5.32 Å². The van der Waals surface area contributed by atoms with Crippen LogP contribution in [0.2, 0.25) is 0 Å². The molecule has 1 aromatic heterocycles. The first-order valence-electron chi connectivity index (χ1n) is 6.39. The number of aromatic carboxylic acids is 1. The van der Waals surface area contributed by atoms with Crippen LogP contribution >= 0.6 is 0 Å². The van der Waals surface area contributed by atoms with Crippen molar-refractivity contribution in [2.24, 2.45) is 13.0 Å². The van der Waals surface area contributed by atoms with Crippen LogP contribution in [-0.4, -0.2) is 26.9 Å². The minimum atomic E-state index is -0.922. The van der Waals surface area contributed by atoms with Crippen molar-refractivity contribution in [3.63, 3.8) is 0 Å². The SMILES string of the molecule is CC(C)CCC(C)NCc1c(C(=O)O)cnn1C. The summed E-state index contributed by atoms with van der Waals surface area (Å²) in [4.78, 5) is 11.0. The number of rotatable bonds is 7. The lowest BCUT2D eigenvalue weighted by molar-refractivity contribution is 0.0695. The van der Waals surface area contributed by atoms with E-state index in [0.29, 0.717) is 18.5 Å². The summed E-state index contributed by atoms with van der Waals surface area (Å²) in [5, 5.41) is 16.4. The van der Waals surface area contributed by atoms with Gasteiger partial charge in [0.1, 0.15) is 5.56 Å². The standard InChI is InChI=1S/C13H23N3O2/c1-9(2)5-6-10(3)14-8-12-11(13(17)18)7-15-16(12)4/h7,9-10,14H,5-6,8H2,1-4H3,(H,17,18). The van der Waals surface area contributed by atoms with Crippen LogP contribution in [0.25, 0.3) is 0 Å². The van der Waals surface area contributed by atoms with Gasteiger partial charge in [0, 0.05) is 19.6 Å². The molecule has 5 nitrogen and oxygen atoms in total. The molecule has 1 heterocycles. The van der Waals surface area contributed by atoms with Crippen LogP contribution in [0.15, 0.2) is 6.20 Å². The normalized spacial score (nSPS) is 12.9. The van der Waals surface area contributed by atoms with Crippen molar-refractivity contribution < 1.29 is 9.90 Å². The van der Waals surface area contributed by atoms with Gasteiger partial charge in [-0.3, -0.25) is 4.68 Å². The van der Waals surface area contributed by atoms with Crippen molar-refractivity contribution in [3.8, 4) is 0 Å². The third-order valence-electron chi connectivity index (χ3n) is 3.09. The molecule has 18 heavy (non-hydrogen) atoms. The maximum Gasteiger partial charge on any atom is 0.339 e. The Balaban J connectivity index is 2.52. The van der Waals surface area contributed by atoms with E-state index >= 15 is 0 Å². The first kappa shape index (κ1) is 14.7. The number of carbonyl (C=O) groups is 1. The Hall–Kier alpha value is -1.36. The van der Waals surface area contributed by atoms with Gasteiger partial charge in [-0.1, -0.05) is 13.8 Å². The molecule has 0 aromatic carbocycles. The third kappa shape index (κ3) is 4.14. The van der Waals surface area contributed by atoms with E-state index in [9.17, 15) is 4.79 Å². The average Bonchev–Trinajstić information content (AvgIpc) is 2.65. The maximum absolute atomic E-state index is 11.0. The Morgan fingerprint density at radius 1 is 1.44 bits per heavy atom. The van der Waals surface area contributed by atoms with E-state index in [1.54, 1.807) is 11.7 Å². The fourth-order valence-electron chi connectivity index (χ4n) is 1.81. The lowest BCUT2D eigenvalue weighted by Gasteiger charge is -2.15. The van der Waals surface area contributed by atoms with Gasteiger partial charge >= 0.3 is 5.97 Å². The minimum absolute atomic E-state index is 0.279. The van der Waals surface area contributed by atoms with E-state index in [1.165, 1.54) is 12.6 Å². The zero-order valence-electron chi connectivity index (χ0n) is 11.6. The Kier molecular flexibility index (Phi) is 5.34. The summed E-state index contributed by atoms with van der Waals surface area (Å²) >= 11 is 0. The molecule has 1 rings (SSSR count). The first-order chi connectivity index (χ1) is 8.41. The predicted octanol–water partition coefficient (Wildman–Crippen LogP) is 2.03. The molecule has 0 amide bonds. The summed E-state index contributed by atoms with van der Waals surface area (Å²) in [5.41, 5.74) is 1.000. The van der Waals surface area contributed by atoms with Crippen molar-refractivity contribution in [2.75, 3.05) is 0 Å². The van der Waals surface area contributed by atoms with Crippen LogP contribution in [0.4, 0.5) is 0 Å².